The van der Waals surface area contributed by atoms with Gasteiger partial charge in [-0.05, 0) is 36.9 Å². The van der Waals surface area contributed by atoms with Crippen molar-refractivity contribution in [2.75, 3.05) is 0 Å². The zero-order valence-corrected chi connectivity index (χ0v) is 13.7. The smallest absolute Gasteiger partial charge is 0.258 e. The molecule has 3 aromatic rings. The standard InChI is InChI=1S/C15H12N4OS2/c1-9-5-10(2)17-15(12(9)6-16)22-8-13-18-14(20-19-13)11-3-4-21-7-11/h3-5,7H,8H2,1-2H3. The second-order valence-electron chi connectivity index (χ2n) is 4.69. The molecule has 0 saturated carbocycles. The molecule has 0 radical (unpaired) electrons. The van der Waals surface area contributed by atoms with Gasteiger partial charge in [-0.1, -0.05) is 16.9 Å². The number of nitriles is 1. The first-order valence-corrected chi connectivity index (χ1v) is 8.46. The predicted molar refractivity (Wildman–Crippen MR) is 85.6 cm³/mol. The number of thiophene rings is 1. The Labute approximate surface area is 136 Å². The first-order valence-electron chi connectivity index (χ1n) is 6.53. The van der Waals surface area contributed by atoms with Gasteiger partial charge in [0.25, 0.3) is 5.89 Å². The molecule has 3 heterocycles. The maximum atomic E-state index is 9.26. The largest absolute Gasteiger partial charge is 0.334 e. The molecule has 0 bridgehead atoms. The van der Waals surface area contributed by atoms with Gasteiger partial charge in [0, 0.05) is 11.1 Å². The second-order valence-corrected chi connectivity index (χ2v) is 6.43. The van der Waals surface area contributed by atoms with E-state index in [1.165, 1.54) is 11.8 Å². The highest BCUT2D eigenvalue weighted by molar-refractivity contribution is 7.98. The van der Waals surface area contributed by atoms with Gasteiger partial charge in [-0.2, -0.15) is 21.6 Å². The van der Waals surface area contributed by atoms with Crippen molar-refractivity contribution < 1.29 is 4.52 Å². The van der Waals surface area contributed by atoms with Crippen molar-refractivity contribution in [2.45, 2.75) is 24.6 Å². The molecular formula is C15H12N4OS2. The molecule has 0 N–H and O–H groups in total. The summed E-state index contributed by atoms with van der Waals surface area (Å²) in [6.07, 6.45) is 0. The lowest BCUT2D eigenvalue weighted by Gasteiger charge is -2.05. The summed E-state index contributed by atoms with van der Waals surface area (Å²) in [4.78, 5) is 8.80. The molecule has 0 aromatic carbocycles. The fraction of sp³-hybridized carbons (Fsp3) is 0.200. The van der Waals surface area contributed by atoms with E-state index in [1.807, 2.05) is 36.7 Å². The van der Waals surface area contributed by atoms with Crippen molar-refractivity contribution in [1.82, 2.24) is 15.1 Å². The number of hydrogen-bond donors (Lipinski definition) is 0. The van der Waals surface area contributed by atoms with Gasteiger partial charge in [0.2, 0.25) is 0 Å². The Morgan fingerprint density at radius 2 is 2.23 bits per heavy atom. The van der Waals surface area contributed by atoms with Crippen LogP contribution in [0, 0.1) is 25.2 Å². The summed E-state index contributed by atoms with van der Waals surface area (Å²) < 4.78 is 5.25. The topological polar surface area (TPSA) is 75.6 Å². The van der Waals surface area contributed by atoms with Crippen molar-refractivity contribution >= 4 is 23.1 Å². The minimum Gasteiger partial charge on any atom is -0.334 e. The van der Waals surface area contributed by atoms with Crippen LogP contribution < -0.4 is 0 Å². The third kappa shape index (κ3) is 3.03. The van der Waals surface area contributed by atoms with Crippen molar-refractivity contribution in [3.63, 3.8) is 0 Å². The molecular weight excluding hydrogens is 316 g/mol. The van der Waals surface area contributed by atoms with Crippen LogP contribution in [0.15, 0.2) is 32.4 Å². The molecule has 5 nitrogen and oxygen atoms in total. The second kappa shape index (κ2) is 6.30. The van der Waals surface area contributed by atoms with E-state index in [0.717, 1.165) is 16.8 Å². The van der Waals surface area contributed by atoms with Crippen molar-refractivity contribution in [3.05, 3.63) is 45.5 Å². The summed E-state index contributed by atoms with van der Waals surface area (Å²) in [5.74, 6) is 1.62. The van der Waals surface area contributed by atoms with Crippen LogP contribution in [0.4, 0.5) is 0 Å². The van der Waals surface area contributed by atoms with E-state index in [1.54, 1.807) is 11.3 Å². The molecule has 3 rings (SSSR count). The summed E-state index contributed by atoms with van der Waals surface area (Å²) >= 11 is 3.03. The Balaban J connectivity index is 1.78. The molecule has 110 valence electrons. The number of aromatic nitrogens is 3. The van der Waals surface area contributed by atoms with Gasteiger partial charge in [0.05, 0.1) is 16.9 Å². The quantitative estimate of drug-likeness (QED) is 0.674. The zero-order chi connectivity index (χ0) is 15.5. The fourth-order valence-electron chi connectivity index (χ4n) is 1.99. The van der Waals surface area contributed by atoms with E-state index in [4.69, 9.17) is 4.52 Å². The number of hydrogen-bond acceptors (Lipinski definition) is 7. The molecule has 0 saturated heterocycles. The molecule has 0 aliphatic rings. The molecule has 3 aromatic heterocycles. The Kier molecular flexibility index (Phi) is 4.22. The average molecular weight is 328 g/mol. The Morgan fingerprint density at radius 3 is 2.95 bits per heavy atom. The predicted octanol–water partition coefficient (Wildman–Crippen LogP) is 3.97. The summed E-state index contributed by atoms with van der Waals surface area (Å²) in [6, 6.07) is 6.06. The van der Waals surface area contributed by atoms with E-state index in [9.17, 15) is 5.26 Å². The number of nitrogens with zero attached hydrogens (tertiary/aromatic N) is 4. The van der Waals surface area contributed by atoms with Crippen LogP contribution in [0.25, 0.3) is 11.5 Å². The van der Waals surface area contributed by atoms with Crippen molar-refractivity contribution in [1.29, 1.82) is 5.26 Å². The summed E-state index contributed by atoms with van der Waals surface area (Å²) in [5, 5.41) is 17.9. The van der Waals surface area contributed by atoms with E-state index < -0.39 is 0 Å². The molecule has 0 amide bonds. The molecule has 22 heavy (non-hydrogen) atoms. The number of aryl methyl sites for hydroxylation is 2. The zero-order valence-electron chi connectivity index (χ0n) is 12.0. The van der Waals surface area contributed by atoms with E-state index in [-0.39, 0.29) is 0 Å². The van der Waals surface area contributed by atoms with Crippen LogP contribution in [0.5, 0.6) is 0 Å². The first kappa shape index (κ1) is 14.8. The molecule has 0 spiro atoms. The van der Waals surface area contributed by atoms with E-state index >= 15 is 0 Å². The summed E-state index contributed by atoms with van der Waals surface area (Å²) in [7, 11) is 0. The third-order valence-electron chi connectivity index (χ3n) is 3.00. The van der Waals surface area contributed by atoms with E-state index in [0.29, 0.717) is 28.1 Å². The monoisotopic (exact) mass is 328 g/mol. The van der Waals surface area contributed by atoms with E-state index in [2.05, 4.69) is 21.2 Å². The van der Waals surface area contributed by atoms with Crippen LogP contribution in [0.3, 0.4) is 0 Å². The maximum Gasteiger partial charge on any atom is 0.258 e. The average Bonchev–Trinajstić information content (AvgIpc) is 3.15. The molecule has 0 aliphatic carbocycles. The third-order valence-corrected chi connectivity index (χ3v) is 4.65. The van der Waals surface area contributed by atoms with Crippen LogP contribution >= 0.6 is 23.1 Å². The van der Waals surface area contributed by atoms with Gasteiger partial charge in [0.15, 0.2) is 5.82 Å². The van der Waals surface area contributed by atoms with Gasteiger partial charge in [0.1, 0.15) is 11.1 Å². The van der Waals surface area contributed by atoms with Crippen LogP contribution in [-0.2, 0) is 5.75 Å². The lowest BCUT2D eigenvalue weighted by atomic mass is 10.1. The van der Waals surface area contributed by atoms with Gasteiger partial charge in [-0.3, -0.25) is 0 Å². The summed E-state index contributed by atoms with van der Waals surface area (Å²) in [6.45, 7) is 3.83. The Morgan fingerprint density at radius 1 is 1.36 bits per heavy atom. The van der Waals surface area contributed by atoms with Gasteiger partial charge < -0.3 is 4.52 Å². The minimum absolute atomic E-state index is 0.512. The maximum absolute atomic E-state index is 9.26. The molecule has 0 aliphatic heterocycles. The van der Waals surface area contributed by atoms with Crippen LogP contribution in [0.1, 0.15) is 22.6 Å². The first-order chi connectivity index (χ1) is 10.7. The summed E-state index contributed by atoms with van der Waals surface area (Å²) in [5.41, 5.74) is 3.36. The van der Waals surface area contributed by atoms with Gasteiger partial charge in [-0.15, -0.1) is 0 Å². The fourth-order valence-corrected chi connectivity index (χ4v) is 3.56. The minimum atomic E-state index is 0.512. The Hall–Kier alpha value is -2.17. The molecule has 0 atom stereocenters. The molecule has 0 unspecified atom stereocenters. The highest BCUT2D eigenvalue weighted by atomic mass is 32.2. The van der Waals surface area contributed by atoms with Gasteiger partial charge in [-0.25, -0.2) is 4.98 Å². The lowest BCUT2D eigenvalue weighted by molar-refractivity contribution is 0.425. The number of thioether (sulfide) groups is 1. The molecule has 7 heteroatoms. The number of pyridine rings is 1. The van der Waals surface area contributed by atoms with Crippen LogP contribution in [0.2, 0.25) is 0 Å². The highest BCUT2D eigenvalue weighted by Gasteiger charge is 2.13. The Bertz CT molecular complexity index is 834. The highest BCUT2D eigenvalue weighted by Crippen LogP contribution is 2.27. The van der Waals surface area contributed by atoms with Crippen molar-refractivity contribution in [2.24, 2.45) is 0 Å². The van der Waals surface area contributed by atoms with Crippen molar-refractivity contribution in [3.8, 4) is 17.5 Å². The lowest BCUT2D eigenvalue weighted by Crippen LogP contribution is -1.95. The van der Waals surface area contributed by atoms with Gasteiger partial charge >= 0.3 is 0 Å². The molecule has 0 fully saturated rings. The SMILES string of the molecule is Cc1cc(C)c(C#N)c(SCc2noc(-c3ccsc3)n2)n1. The normalized spacial score (nSPS) is 10.6. The number of rotatable bonds is 4. The van der Waals surface area contributed by atoms with Crippen LogP contribution in [-0.4, -0.2) is 15.1 Å².